The van der Waals surface area contributed by atoms with Crippen molar-refractivity contribution >= 4 is 17.2 Å². The van der Waals surface area contributed by atoms with Crippen molar-refractivity contribution in [2.75, 3.05) is 13.2 Å². The molecule has 2 heterocycles. The number of nitrogens with one attached hydrogen (secondary N) is 1. The number of hydrogen-bond acceptors (Lipinski definition) is 5. The lowest BCUT2D eigenvalue weighted by molar-refractivity contribution is -0.134. The largest absolute Gasteiger partial charge is 0.395 e. The molecule has 1 aliphatic heterocycles. The number of carbonyl (C=O) groups excluding carboxylic acids is 1. The third kappa shape index (κ3) is 5.55. The molecular weight excluding hydrogens is 310 g/mol. The van der Waals surface area contributed by atoms with E-state index in [2.05, 4.69) is 38.0 Å². The molecule has 2 N–H and O–H groups in total. The molecule has 1 fully saturated rings. The molecule has 0 unspecified atom stereocenters. The Bertz CT molecular complexity index is 498. The highest BCUT2D eigenvalue weighted by Gasteiger charge is 2.38. The molecule has 130 valence electrons. The van der Waals surface area contributed by atoms with Crippen molar-refractivity contribution in [3.63, 3.8) is 0 Å². The maximum atomic E-state index is 12.7. The molecule has 0 spiro atoms. The number of aliphatic hydroxyl groups excluding tert-OH is 1. The number of carbonyl (C=O) groups is 1. The summed E-state index contributed by atoms with van der Waals surface area (Å²) in [6, 6.07) is 0. The second-order valence-electron chi connectivity index (χ2n) is 7.84. The highest BCUT2D eigenvalue weighted by molar-refractivity contribution is 7.09. The average molecular weight is 340 g/mol. The zero-order valence-electron chi connectivity index (χ0n) is 14.6. The fraction of sp³-hybridized carbons (Fsp3) is 0.765. The Kier molecular flexibility index (Phi) is 5.81. The molecule has 5 nitrogen and oxygen atoms in total. The first-order valence-electron chi connectivity index (χ1n) is 8.27. The molecule has 1 saturated heterocycles. The Morgan fingerprint density at radius 2 is 2.04 bits per heavy atom. The molecule has 1 aliphatic rings. The van der Waals surface area contributed by atoms with Crippen LogP contribution in [0.15, 0.2) is 11.6 Å². The van der Waals surface area contributed by atoms with E-state index >= 15 is 0 Å². The molecule has 23 heavy (non-hydrogen) atoms. The molecule has 0 radical (unpaired) electrons. The van der Waals surface area contributed by atoms with Crippen molar-refractivity contribution in [2.24, 2.45) is 5.92 Å². The zero-order valence-corrected chi connectivity index (χ0v) is 15.4. The van der Waals surface area contributed by atoms with Gasteiger partial charge in [-0.15, -0.1) is 11.3 Å². The van der Waals surface area contributed by atoms with E-state index in [0.29, 0.717) is 25.4 Å². The molecule has 2 rings (SSSR count). The number of aromatic nitrogens is 1. The van der Waals surface area contributed by atoms with Crippen LogP contribution in [0.25, 0.3) is 0 Å². The van der Waals surface area contributed by atoms with Gasteiger partial charge in [-0.2, -0.15) is 0 Å². The third-order valence-corrected chi connectivity index (χ3v) is 5.03. The van der Waals surface area contributed by atoms with E-state index in [4.69, 9.17) is 0 Å². The van der Waals surface area contributed by atoms with Gasteiger partial charge in [-0.05, 0) is 46.5 Å². The first-order valence-corrected chi connectivity index (χ1v) is 9.15. The number of piperidine rings is 1. The summed E-state index contributed by atoms with van der Waals surface area (Å²) in [5, 5.41) is 15.7. The Morgan fingerprint density at radius 3 is 2.57 bits per heavy atom. The summed E-state index contributed by atoms with van der Waals surface area (Å²) in [5.41, 5.74) is 0.0909. The fourth-order valence-electron chi connectivity index (χ4n) is 3.96. The second kappa shape index (κ2) is 7.28. The van der Waals surface area contributed by atoms with E-state index in [-0.39, 0.29) is 23.6 Å². The lowest BCUT2D eigenvalue weighted by atomic mass is 9.74. The van der Waals surface area contributed by atoms with Gasteiger partial charge in [0.15, 0.2) is 0 Å². The zero-order chi connectivity index (χ0) is 17.1. The summed E-state index contributed by atoms with van der Waals surface area (Å²) in [5.74, 6) is 0.485. The van der Waals surface area contributed by atoms with Crippen LogP contribution in [0.2, 0.25) is 0 Å². The van der Waals surface area contributed by atoms with Gasteiger partial charge in [0.05, 0.1) is 13.2 Å². The van der Waals surface area contributed by atoms with E-state index in [0.717, 1.165) is 17.8 Å². The highest BCUT2D eigenvalue weighted by Crippen LogP contribution is 2.35. The number of nitrogens with zero attached hydrogens (tertiary/aromatic N) is 2. The van der Waals surface area contributed by atoms with Crippen LogP contribution in [-0.4, -0.2) is 45.1 Å². The molecule has 0 bridgehead atoms. The van der Waals surface area contributed by atoms with Gasteiger partial charge < -0.3 is 15.3 Å². The van der Waals surface area contributed by atoms with Crippen LogP contribution in [-0.2, 0) is 11.3 Å². The highest BCUT2D eigenvalue weighted by atomic mass is 32.1. The molecule has 0 aliphatic carbocycles. The molecule has 0 saturated carbocycles. The number of rotatable bonds is 6. The number of amides is 1. The summed E-state index contributed by atoms with van der Waals surface area (Å²) in [4.78, 5) is 18.7. The number of hydrogen-bond donors (Lipinski definition) is 2. The van der Waals surface area contributed by atoms with E-state index in [1.807, 2.05) is 5.38 Å². The van der Waals surface area contributed by atoms with Crippen LogP contribution in [0.4, 0.5) is 0 Å². The molecule has 1 amide bonds. The molecule has 6 heteroatoms. The SMILES string of the molecule is CC1(C)CC(CC(=O)N(CCO)Cc2nccs2)CC(C)(C)N1. The average Bonchev–Trinajstić information content (AvgIpc) is 2.87. The normalized spacial score (nSPS) is 20.4. The maximum Gasteiger partial charge on any atom is 0.223 e. The monoisotopic (exact) mass is 339 g/mol. The summed E-state index contributed by atoms with van der Waals surface area (Å²) in [6.45, 7) is 9.66. The standard InChI is InChI=1S/C17H29N3O2S/c1-16(2)10-13(11-17(3,4)19-16)9-15(22)20(6-7-21)12-14-18-5-8-23-14/h5,8,13,19,21H,6-7,9-12H2,1-4H3. The molecule has 1 aromatic heterocycles. The van der Waals surface area contributed by atoms with Crippen molar-refractivity contribution in [3.05, 3.63) is 16.6 Å². The van der Waals surface area contributed by atoms with Crippen LogP contribution >= 0.6 is 11.3 Å². The van der Waals surface area contributed by atoms with Crippen LogP contribution in [0.3, 0.4) is 0 Å². The molecule has 1 aromatic rings. The number of thiazole rings is 1. The van der Waals surface area contributed by atoms with Crippen LogP contribution in [0, 0.1) is 5.92 Å². The van der Waals surface area contributed by atoms with Gasteiger partial charge in [0, 0.05) is 35.6 Å². The predicted octanol–water partition coefficient (Wildman–Crippen LogP) is 2.41. The van der Waals surface area contributed by atoms with Gasteiger partial charge in [-0.3, -0.25) is 4.79 Å². The summed E-state index contributed by atoms with van der Waals surface area (Å²) < 4.78 is 0. The maximum absolute atomic E-state index is 12.7. The fourth-order valence-corrected chi connectivity index (χ4v) is 4.59. The van der Waals surface area contributed by atoms with Crippen molar-refractivity contribution in [1.29, 1.82) is 0 Å². The minimum atomic E-state index is -0.0136. The second-order valence-corrected chi connectivity index (χ2v) is 8.82. The van der Waals surface area contributed by atoms with Crippen LogP contribution in [0.1, 0.15) is 52.0 Å². The summed E-state index contributed by atoms with van der Waals surface area (Å²) in [7, 11) is 0. The topological polar surface area (TPSA) is 65.5 Å². The van der Waals surface area contributed by atoms with Crippen LogP contribution < -0.4 is 5.32 Å². The lowest BCUT2D eigenvalue weighted by Crippen LogP contribution is -2.58. The van der Waals surface area contributed by atoms with E-state index in [1.54, 1.807) is 22.4 Å². The van der Waals surface area contributed by atoms with Gasteiger partial charge in [0.2, 0.25) is 5.91 Å². The van der Waals surface area contributed by atoms with E-state index < -0.39 is 0 Å². The first-order chi connectivity index (χ1) is 10.7. The molecular formula is C17H29N3O2S. The van der Waals surface area contributed by atoms with E-state index in [9.17, 15) is 9.90 Å². The Labute approximate surface area is 143 Å². The minimum absolute atomic E-state index is 0.0136. The first kappa shape index (κ1) is 18.4. The van der Waals surface area contributed by atoms with Crippen LogP contribution in [0.5, 0.6) is 0 Å². The van der Waals surface area contributed by atoms with Crippen molar-refractivity contribution < 1.29 is 9.90 Å². The Hall–Kier alpha value is -0.980. The smallest absolute Gasteiger partial charge is 0.223 e. The van der Waals surface area contributed by atoms with Gasteiger partial charge in [-0.25, -0.2) is 4.98 Å². The lowest BCUT2D eigenvalue weighted by Gasteiger charge is -2.46. The molecule has 0 atom stereocenters. The van der Waals surface area contributed by atoms with Gasteiger partial charge in [0.1, 0.15) is 5.01 Å². The quantitative estimate of drug-likeness (QED) is 0.835. The Balaban J connectivity index is 2.00. The van der Waals surface area contributed by atoms with Crippen molar-refractivity contribution in [1.82, 2.24) is 15.2 Å². The third-order valence-electron chi connectivity index (χ3n) is 4.27. The van der Waals surface area contributed by atoms with Gasteiger partial charge in [-0.1, -0.05) is 0 Å². The van der Waals surface area contributed by atoms with Crippen molar-refractivity contribution in [2.45, 2.75) is 64.6 Å². The molecule has 0 aromatic carbocycles. The number of aliphatic hydroxyl groups is 1. The Morgan fingerprint density at radius 1 is 1.39 bits per heavy atom. The summed E-state index contributed by atoms with van der Waals surface area (Å²) in [6.07, 6.45) is 4.28. The van der Waals surface area contributed by atoms with E-state index in [1.165, 1.54) is 0 Å². The van der Waals surface area contributed by atoms with Gasteiger partial charge >= 0.3 is 0 Å². The minimum Gasteiger partial charge on any atom is -0.395 e. The van der Waals surface area contributed by atoms with Crippen molar-refractivity contribution in [3.8, 4) is 0 Å². The van der Waals surface area contributed by atoms with Gasteiger partial charge in [0.25, 0.3) is 0 Å². The predicted molar refractivity (Wildman–Crippen MR) is 93.3 cm³/mol. The summed E-state index contributed by atoms with van der Waals surface area (Å²) >= 11 is 1.54.